The molecule has 114 valence electrons. The number of imidazole rings is 1. The molecule has 3 aromatic rings. The Hall–Kier alpha value is -2.20. The molecule has 0 aliphatic carbocycles. The van der Waals surface area contributed by atoms with Crippen molar-refractivity contribution in [2.24, 2.45) is 11.7 Å². The quantitative estimate of drug-likeness (QED) is 0.792. The van der Waals surface area contributed by atoms with E-state index in [-0.39, 0.29) is 5.82 Å². The molecule has 3 rings (SSSR count). The number of aromatic nitrogens is 2. The Bertz CT molecular complexity index is 788. The lowest BCUT2D eigenvalue weighted by atomic mass is 10.1. The minimum absolute atomic E-state index is 0.258. The molecule has 0 radical (unpaired) electrons. The average Bonchev–Trinajstić information content (AvgIpc) is 2.84. The second kappa shape index (κ2) is 5.89. The number of nitrogens with two attached hydrogens (primary N) is 1. The monoisotopic (exact) mass is 297 g/mol. The third-order valence-corrected chi connectivity index (χ3v) is 3.71. The summed E-state index contributed by atoms with van der Waals surface area (Å²) in [5.41, 5.74) is 9.42. The number of benzene rings is 2. The van der Waals surface area contributed by atoms with Gasteiger partial charge < -0.3 is 10.3 Å². The van der Waals surface area contributed by atoms with Gasteiger partial charge in [-0.05, 0) is 23.6 Å². The fourth-order valence-corrected chi connectivity index (χ4v) is 2.66. The van der Waals surface area contributed by atoms with Crippen LogP contribution in [-0.4, -0.2) is 9.55 Å². The second-order valence-corrected chi connectivity index (χ2v) is 5.97. The topological polar surface area (TPSA) is 43.8 Å². The highest BCUT2D eigenvalue weighted by Crippen LogP contribution is 2.26. The summed E-state index contributed by atoms with van der Waals surface area (Å²) in [7, 11) is 0. The zero-order valence-electron chi connectivity index (χ0n) is 12.9. The number of hydrogen-bond acceptors (Lipinski definition) is 2. The Morgan fingerprint density at radius 1 is 1.14 bits per heavy atom. The molecule has 1 aromatic heterocycles. The van der Waals surface area contributed by atoms with Crippen LogP contribution in [0.2, 0.25) is 0 Å². The summed E-state index contributed by atoms with van der Waals surface area (Å²) in [5.74, 6) is 1.09. The van der Waals surface area contributed by atoms with Crippen molar-refractivity contribution in [2.75, 3.05) is 0 Å². The summed E-state index contributed by atoms with van der Waals surface area (Å²) in [6.45, 7) is 5.69. The van der Waals surface area contributed by atoms with Crippen LogP contribution in [0.3, 0.4) is 0 Å². The first-order valence-corrected chi connectivity index (χ1v) is 7.53. The van der Waals surface area contributed by atoms with Crippen molar-refractivity contribution >= 4 is 11.0 Å². The molecule has 0 aliphatic heterocycles. The van der Waals surface area contributed by atoms with Crippen molar-refractivity contribution in [2.45, 2.75) is 26.9 Å². The van der Waals surface area contributed by atoms with Crippen LogP contribution < -0.4 is 5.73 Å². The van der Waals surface area contributed by atoms with Crippen LogP contribution in [0.1, 0.15) is 19.4 Å². The van der Waals surface area contributed by atoms with Crippen molar-refractivity contribution in [1.82, 2.24) is 9.55 Å². The fraction of sp³-hybridized carbons (Fsp3) is 0.278. The second-order valence-electron chi connectivity index (χ2n) is 5.97. The van der Waals surface area contributed by atoms with Crippen molar-refractivity contribution in [1.29, 1.82) is 0 Å². The van der Waals surface area contributed by atoms with Crippen LogP contribution in [0, 0.1) is 11.7 Å². The van der Waals surface area contributed by atoms with Crippen molar-refractivity contribution in [3.63, 3.8) is 0 Å². The Morgan fingerprint density at radius 3 is 2.50 bits per heavy atom. The van der Waals surface area contributed by atoms with Gasteiger partial charge in [0.15, 0.2) is 0 Å². The number of hydrogen-bond donors (Lipinski definition) is 1. The van der Waals surface area contributed by atoms with Gasteiger partial charge in [-0.1, -0.05) is 38.1 Å². The highest BCUT2D eigenvalue weighted by atomic mass is 19.1. The van der Waals surface area contributed by atoms with E-state index in [0.29, 0.717) is 18.0 Å². The molecule has 1 heterocycles. The smallest absolute Gasteiger partial charge is 0.141 e. The van der Waals surface area contributed by atoms with Gasteiger partial charge in [0.1, 0.15) is 11.6 Å². The summed E-state index contributed by atoms with van der Waals surface area (Å²) in [5, 5.41) is 0. The van der Waals surface area contributed by atoms with Crippen LogP contribution in [0.4, 0.5) is 4.39 Å². The molecule has 0 amide bonds. The number of nitrogens with zero attached hydrogens (tertiary/aromatic N) is 2. The number of halogens is 1. The minimum Gasteiger partial charge on any atom is -0.326 e. The van der Waals surface area contributed by atoms with Gasteiger partial charge in [-0.2, -0.15) is 0 Å². The summed E-state index contributed by atoms with van der Waals surface area (Å²) in [6, 6.07) is 12.8. The SMILES string of the molecule is CC(C)Cn1c(-c2ccc(CN)cc2)nc2cc(F)ccc21. The Balaban J connectivity index is 2.17. The van der Waals surface area contributed by atoms with Gasteiger partial charge in [-0.25, -0.2) is 9.37 Å². The van der Waals surface area contributed by atoms with Crippen molar-refractivity contribution < 1.29 is 4.39 Å². The van der Waals surface area contributed by atoms with Crippen LogP contribution >= 0.6 is 0 Å². The zero-order valence-corrected chi connectivity index (χ0v) is 12.9. The molecule has 3 nitrogen and oxygen atoms in total. The van der Waals surface area contributed by atoms with Crippen LogP contribution in [-0.2, 0) is 13.1 Å². The van der Waals surface area contributed by atoms with Gasteiger partial charge in [0, 0.05) is 24.7 Å². The molecule has 0 spiro atoms. The molecule has 0 saturated carbocycles. The van der Waals surface area contributed by atoms with E-state index < -0.39 is 0 Å². The molecular weight excluding hydrogens is 277 g/mol. The van der Waals surface area contributed by atoms with Gasteiger partial charge in [-0.15, -0.1) is 0 Å². The lowest BCUT2D eigenvalue weighted by Gasteiger charge is -2.12. The van der Waals surface area contributed by atoms with Crippen molar-refractivity contribution in [3.8, 4) is 11.4 Å². The molecule has 22 heavy (non-hydrogen) atoms. The van der Waals surface area contributed by atoms with E-state index in [2.05, 4.69) is 23.4 Å². The molecule has 0 atom stereocenters. The van der Waals surface area contributed by atoms with E-state index in [1.807, 2.05) is 24.3 Å². The van der Waals surface area contributed by atoms with Gasteiger partial charge in [0.05, 0.1) is 11.0 Å². The fourth-order valence-electron chi connectivity index (χ4n) is 2.66. The minimum atomic E-state index is -0.258. The van der Waals surface area contributed by atoms with E-state index >= 15 is 0 Å². The standard InChI is InChI=1S/C18H20FN3/c1-12(2)11-22-17-8-7-15(19)9-16(17)21-18(22)14-5-3-13(10-20)4-6-14/h3-9,12H,10-11,20H2,1-2H3. The van der Waals surface area contributed by atoms with Gasteiger partial charge in [-0.3, -0.25) is 0 Å². The molecule has 0 fully saturated rings. The van der Waals surface area contributed by atoms with Crippen LogP contribution in [0.25, 0.3) is 22.4 Å². The third-order valence-electron chi connectivity index (χ3n) is 3.71. The van der Waals surface area contributed by atoms with E-state index in [0.717, 1.165) is 29.0 Å². The lowest BCUT2D eigenvalue weighted by Crippen LogP contribution is -2.06. The van der Waals surface area contributed by atoms with Crippen LogP contribution in [0.5, 0.6) is 0 Å². The molecule has 2 aromatic carbocycles. The maximum Gasteiger partial charge on any atom is 0.141 e. The summed E-state index contributed by atoms with van der Waals surface area (Å²) >= 11 is 0. The van der Waals surface area contributed by atoms with E-state index in [9.17, 15) is 4.39 Å². The molecule has 2 N–H and O–H groups in total. The normalized spacial score (nSPS) is 11.5. The first-order valence-electron chi connectivity index (χ1n) is 7.53. The molecule has 4 heteroatoms. The maximum atomic E-state index is 13.5. The first-order chi connectivity index (χ1) is 10.6. The van der Waals surface area contributed by atoms with Crippen molar-refractivity contribution in [3.05, 3.63) is 53.8 Å². The van der Waals surface area contributed by atoms with Crippen LogP contribution in [0.15, 0.2) is 42.5 Å². The maximum absolute atomic E-state index is 13.5. The lowest BCUT2D eigenvalue weighted by molar-refractivity contribution is 0.536. The highest BCUT2D eigenvalue weighted by molar-refractivity contribution is 5.80. The van der Waals surface area contributed by atoms with E-state index in [1.165, 1.54) is 12.1 Å². The highest BCUT2D eigenvalue weighted by Gasteiger charge is 2.14. The average molecular weight is 297 g/mol. The van der Waals surface area contributed by atoms with Gasteiger partial charge >= 0.3 is 0 Å². The van der Waals surface area contributed by atoms with E-state index in [1.54, 1.807) is 6.07 Å². The summed E-state index contributed by atoms with van der Waals surface area (Å²) in [4.78, 5) is 4.64. The Labute approximate surface area is 129 Å². The molecular formula is C18H20FN3. The molecule has 0 saturated heterocycles. The largest absolute Gasteiger partial charge is 0.326 e. The predicted octanol–water partition coefficient (Wildman–Crippen LogP) is 3.96. The molecule has 0 aliphatic rings. The zero-order chi connectivity index (χ0) is 15.7. The number of fused-ring (bicyclic) bond motifs is 1. The first kappa shape index (κ1) is 14.7. The van der Waals surface area contributed by atoms with Gasteiger partial charge in [0.25, 0.3) is 0 Å². The molecule has 0 bridgehead atoms. The number of rotatable bonds is 4. The summed E-state index contributed by atoms with van der Waals surface area (Å²) in [6.07, 6.45) is 0. The third kappa shape index (κ3) is 2.74. The molecule has 0 unspecified atom stereocenters. The summed E-state index contributed by atoms with van der Waals surface area (Å²) < 4.78 is 15.6. The predicted molar refractivity (Wildman–Crippen MR) is 87.9 cm³/mol. The van der Waals surface area contributed by atoms with Gasteiger partial charge in [0.2, 0.25) is 0 Å². The van der Waals surface area contributed by atoms with E-state index in [4.69, 9.17) is 5.73 Å². The Kier molecular flexibility index (Phi) is 3.94. The Morgan fingerprint density at radius 2 is 1.86 bits per heavy atom.